The summed E-state index contributed by atoms with van der Waals surface area (Å²) in [5, 5.41) is 4.35. The number of hydrogen-bond donors (Lipinski definition) is 2. The van der Waals surface area contributed by atoms with Crippen molar-refractivity contribution < 1.29 is 4.74 Å². The van der Waals surface area contributed by atoms with Crippen molar-refractivity contribution in [1.29, 1.82) is 0 Å². The summed E-state index contributed by atoms with van der Waals surface area (Å²) in [6.45, 7) is 5.00. The molecular weight excluding hydrogens is 323 g/mol. The average Bonchev–Trinajstić information content (AvgIpc) is 2.44. The molecule has 0 aliphatic carbocycles. The molecule has 0 aliphatic heterocycles. The number of halogens is 2. The maximum atomic E-state index is 6.18. The maximum Gasteiger partial charge on any atom is 0.189 e. The molecule has 0 heterocycles. The zero-order chi connectivity index (χ0) is 16.5. The van der Waals surface area contributed by atoms with Crippen molar-refractivity contribution in [1.82, 2.24) is 10.2 Å². The number of guanidine groups is 1. The Bertz CT molecular complexity index is 496. The first-order valence-electron chi connectivity index (χ1n) is 7.13. The highest BCUT2D eigenvalue weighted by Crippen LogP contribution is 2.25. The van der Waals surface area contributed by atoms with Crippen LogP contribution >= 0.6 is 23.2 Å². The van der Waals surface area contributed by atoms with Gasteiger partial charge >= 0.3 is 0 Å². The molecule has 3 N–H and O–H groups in total. The van der Waals surface area contributed by atoms with E-state index in [2.05, 4.69) is 15.2 Å². The van der Waals surface area contributed by atoms with Crippen LogP contribution < -0.4 is 11.1 Å². The molecule has 0 saturated heterocycles. The molecule has 22 heavy (non-hydrogen) atoms. The molecule has 0 spiro atoms. The molecule has 0 saturated carbocycles. The van der Waals surface area contributed by atoms with Crippen LogP contribution in [0, 0.1) is 0 Å². The minimum absolute atomic E-state index is 0.0419. The fourth-order valence-corrected chi connectivity index (χ4v) is 2.47. The number of nitrogens with one attached hydrogen (secondary N) is 1. The second-order valence-corrected chi connectivity index (χ2v) is 5.94. The molecule has 1 aromatic rings. The summed E-state index contributed by atoms with van der Waals surface area (Å²) in [6, 6.07) is 5.36. The third-order valence-corrected chi connectivity index (χ3v) is 3.80. The van der Waals surface area contributed by atoms with E-state index in [4.69, 9.17) is 33.7 Å². The Balaban J connectivity index is 2.46. The molecular formula is C15H24Cl2N4O. The predicted octanol–water partition coefficient (Wildman–Crippen LogP) is 2.54. The van der Waals surface area contributed by atoms with E-state index in [1.807, 2.05) is 20.0 Å². The standard InChI is InChI=1S/C15H24Cl2N4O/c1-11(13-5-4-12(16)10-14(13)17)20-15(18)19-6-7-21(2)8-9-22-3/h4-5,10-11H,6-9H2,1-3H3,(H3,18,19,20). The van der Waals surface area contributed by atoms with Crippen LogP contribution in [0.4, 0.5) is 0 Å². The summed E-state index contributed by atoms with van der Waals surface area (Å²) in [5.74, 6) is 0.402. The molecule has 0 bridgehead atoms. The second kappa shape index (κ2) is 9.90. The fourth-order valence-electron chi connectivity index (χ4n) is 1.90. The number of aliphatic imine (C=N–C) groups is 1. The SMILES string of the molecule is COCCN(C)CCN=C(N)NC(C)c1ccc(Cl)cc1Cl. The fraction of sp³-hybridized carbons (Fsp3) is 0.533. The molecule has 1 atom stereocenters. The Morgan fingerprint density at radius 2 is 2.14 bits per heavy atom. The van der Waals surface area contributed by atoms with Crippen LogP contribution in [0.1, 0.15) is 18.5 Å². The number of hydrogen-bond acceptors (Lipinski definition) is 3. The van der Waals surface area contributed by atoms with E-state index in [-0.39, 0.29) is 6.04 Å². The number of benzene rings is 1. The lowest BCUT2D eigenvalue weighted by molar-refractivity contribution is 0.163. The van der Waals surface area contributed by atoms with Gasteiger partial charge in [0, 0.05) is 30.2 Å². The molecule has 0 aromatic heterocycles. The quantitative estimate of drug-likeness (QED) is 0.560. The number of methoxy groups -OCH3 is 1. The van der Waals surface area contributed by atoms with Crippen LogP contribution in [0.3, 0.4) is 0 Å². The van der Waals surface area contributed by atoms with Gasteiger partial charge in [-0.3, -0.25) is 4.99 Å². The van der Waals surface area contributed by atoms with Gasteiger partial charge < -0.3 is 20.7 Å². The number of nitrogens with zero attached hydrogens (tertiary/aromatic N) is 2. The Kier molecular flexibility index (Phi) is 8.56. The summed E-state index contributed by atoms with van der Waals surface area (Å²) in [4.78, 5) is 6.46. The molecule has 1 unspecified atom stereocenters. The Labute approximate surface area is 142 Å². The van der Waals surface area contributed by atoms with Gasteiger partial charge in [0.05, 0.1) is 19.2 Å². The van der Waals surface area contributed by atoms with Crippen molar-refractivity contribution in [2.75, 3.05) is 40.4 Å². The van der Waals surface area contributed by atoms with Crippen molar-refractivity contribution >= 4 is 29.2 Å². The maximum absolute atomic E-state index is 6.18. The second-order valence-electron chi connectivity index (χ2n) is 5.09. The highest BCUT2D eigenvalue weighted by molar-refractivity contribution is 6.35. The van der Waals surface area contributed by atoms with E-state index >= 15 is 0 Å². The van der Waals surface area contributed by atoms with Gasteiger partial charge in [-0.1, -0.05) is 29.3 Å². The molecule has 7 heteroatoms. The molecule has 124 valence electrons. The minimum Gasteiger partial charge on any atom is -0.383 e. The first-order valence-corrected chi connectivity index (χ1v) is 7.88. The topological polar surface area (TPSA) is 62.9 Å². The first-order chi connectivity index (χ1) is 10.4. The largest absolute Gasteiger partial charge is 0.383 e. The third kappa shape index (κ3) is 6.83. The van der Waals surface area contributed by atoms with Gasteiger partial charge in [-0.15, -0.1) is 0 Å². The zero-order valence-electron chi connectivity index (χ0n) is 13.3. The van der Waals surface area contributed by atoms with E-state index in [0.717, 1.165) is 18.7 Å². The third-order valence-electron chi connectivity index (χ3n) is 3.23. The predicted molar refractivity (Wildman–Crippen MR) is 93.9 cm³/mol. The zero-order valence-corrected chi connectivity index (χ0v) is 14.8. The van der Waals surface area contributed by atoms with Crippen molar-refractivity contribution in [2.45, 2.75) is 13.0 Å². The van der Waals surface area contributed by atoms with Gasteiger partial charge in [-0.05, 0) is 31.7 Å². The highest BCUT2D eigenvalue weighted by atomic mass is 35.5. The normalized spacial score (nSPS) is 13.5. The summed E-state index contributed by atoms with van der Waals surface area (Å²) >= 11 is 12.1. The van der Waals surface area contributed by atoms with Gasteiger partial charge in [-0.2, -0.15) is 0 Å². The lowest BCUT2D eigenvalue weighted by Gasteiger charge is -2.17. The number of ether oxygens (including phenoxy) is 1. The molecule has 0 aliphatic rings. The lowest BCUT2D eigenvalue weighted by atomic mass is 10.1. The smallest absolute Gasteiger partial charge is 0.189 e. The van der Waals surface area contributed by atoms with Crippen LogP contribution in [0.2, 0.25) is 10.0 Å². The van der Waals surface area contributed by atoms with E-state index in [0.29, 0.717) is 29.2 Å². The summed E-state index contributed by atoms with van der Waals surface area (Å²) in [6.07, 6.45) is 0. The molecule has 0 radical (unpaired) electrons. The van der Waals surface area contributed by atoms with Crippen molar-refractivity contribution in [3.63, 3.8) is 0 Å². The molecule has 1 rings (SSSR count). The first kappa shape index (κ1) is 19.0. The number of likely N-dealkylation sites (N-methyl/N-ethyl adjacent to an activating group) is 1. The van der Waals surface area contributed by atoms with Gasteiger partial charge in [0.1, 0.15) is 0 Å². The summed E-state index contributed by atoms with van der Waals surface area (Å²) < 4.78 is 5.02. The Morgan fingerprint density at radius 1 is 1.41 bits per heavy atom. The van der Waals surface area contributed by atoms with Crippen LogP contribution in [0.5, 0.6) is 0 Å². The Morgan fingerprint density at radius 3 is 2.77 bits per heavy atom. The van der Waals surface area contributed by atoms with Gasteiger partial charge in [0.25, 0.3) is 0 Å². The van der Waals surface area contributed by atoms with Gasteiger partial charge in [0.15, 0.2) is 5.96 Å². The monoisotopic (exact) mass is 346 g/mol. The summed E-state index contributed by atoms with van der Waals surface area (Å²) in [7, 11) is 3.71. The minimum atomic E-state index is -0.0419. The van der Waals surface area contributed by atoms with E-state index in [9.17, 15) is 0 Å². The van der Waals surface area contributed by atoms with Crippen LogP contribution in [-0.2, 0) is 4.74 Å². The number of rotatable bonds is 8. The molecule has 0 fully saturated rings. The lowest BCUT2D eigenvalue weighted by Crippen LogP contribution is -2.35. The van der Waals surface area contributed by atoms with Gasteiger partial charge in [0.2, 0.25) is 0 Å². The average molecular weight is 347 g/mol. The van der Waals surface area contributed by atoms with Gasteiger partial charge in [-0.25, -0.2) is 0 Å². The molecule has 5 nitrogen and oxygen atoms in total. The van der Waals surface area contributed by atoms with Crippen LogP contribution in [0.15, 0.2) is 23.2 Å². The van der Waals surface area contributed by atoms with Crippen molar-refractivity contribution in [2.24, 2.45) is 10.7 Å². The number of nitrogens with two attached hydrogens (primary N) is 1. The van der Waals surface area contributed by atoms with Crippen LogP contribution in [0.25, 0.3) is 0 Å². The summed E-state index contributed by atoms with van der Waals surface area (Å²) in [5.41, 5.74) is 6.84. The molecule has 0 amide bonds. The highest BCUT2D eigenvalue weighted by Gasteiger charge is 2.10. The van der Waals surface area contributed by atoms with E-state index in [1.165, 1.54) is 0 Å². The van der Waals surface area contributed by atoms with E-state index < -0.39 is 0 Å². The van der Waals surface area contributed by atoms with Crippen LogP contribution in [-0.4, -0.2) is 51.3 Å². The molecule has 1 aromatic carbocycles. The van der Waals surface area contributed by atoms with Crippen molar-refractivity contribution in [3.8, 4) is 0 Å². The Hall–Kier alpha value is -1.01. The van der Waals surface area contributed by atoms with E-state index in [1.54, 1.807) is 19.2 Å². The van der Waals surface area contributed by atoms with Crippen molar-refractivity contribution in [3.05, 3.63) is 33.8 Å².